The van der Waals surface area contributed by atoms with Crippen LogP contribution < -0.4 is 5.32 Å². The number of imidazole rings is 1. The van der Waals surface area contributed by atoms with Crippen LogP contribution in [0, 0.1) is 0 Å². The zero-order valence-electron chi connectivity index (χ0n) is 13.2. The van der Waals surface area contributed by atoms with Crippen molar-refractivity contribution in [1.82, 2.24) is 14.9 Å². The summed E-state index contributed by atoms with van der Waals surface area (Å²) < 4.78 is 3.25. The minimum atomic E-state index is 0.220. The maximum atomic E-state index is 4.44. The Morgan fingerprint density at radius 2 is 1.91 bits per heavy atom. The van der Waals surface area contributed by atoms with Crippen molar-refractivity contribution in [1.29, 1.82) is 0 Å². The monoisotopic (exact) mass is 361 g/mol. The number of hydrogen-bond acceptors (Lipinski definition) is 2. The molecule has 0 aliphatic heterocycles. The molecule has 0 radical (unpaired) electrons. The first-order valence-corrected chi connectivity index (χ1v) is 8.92. The summed E-state index contributed by atoms with van der Waals surface area (Å²) in [6, 6.07) is 8.76. The van der Waals surface area contributed by atoms with Gasteiger partial charge in [0.05, 0.1) is 6.54 Å². The number of nitrogens with one attached hydrogen (secondary N) is 1. The second-order valence-corrected chi connectivity index (χ2v) is 7.37. The van der Waals surface area contributed by atoms with Crippen LogP contribution in [-0.4, -0.2) is 15.1 Å². The van der Waals surface area contributed by atoms with E-state index in [0.717, 1.165) is 23.3 Å². The normalized spacial score (nSPS) is 17.5. The van der Waals surface area contributed by atoms with Gasteiger partial charge in [-0.25, -0.2) is 4.98 Å². The average molecular weight is 362 g/mol. The lowest BCUT2D eigenvalue weighted by Gasteiger charge is -2.38. The van der Waals surface area contributed by atoms with Crippen molar-refractivity contribution in [3.05, 3.63) is 52.5 Å². The summed E-state index contributed by atoms with van der Waals surface area (Å²) in [4.78, 5) is 4.44. The van der Waals surface area contributed by atoms with Crippen LogP contribution in [0.4, 0.5) is 0 Å². The van der Waals surface area contributed by atoms with E-state index in [4.69, 9.17) is 0 Å². The van der Waals surface area contributed by atoms with Crippen LogP contribution in [0.2, 0.25) is 0 Å². The molecule has 1 heterocycles. The second kappa shape index (κ2) is 6.97. The number of rotatable bonds is 5. The van der Waals surface area contributed by atoms with Gasteiger partial charge in [0.2, 0.25) is 0 Å². The molecular formula is C18H24BrN3. The van der Waals surface area contributed by atoms with E-state index in [-0.39, 0.29) is 5.54 Å². The van der Waals surface area contributed by atoms with Crippen LogP contribution in [0.25, 0.3) is 0 Å². The van der Waals surface area contributed by atoms with Gasteiger partial charge in [-0.1, -0.05) is 47.3 Å². The van der Waals surface area contributed by atoms with Gasteiger partial charge in [-0.15, -0.1) is 0 Å². The van der Waals surface area contributed by atoms with Gasteiger partial charge in [-0.3, -0.25) is 0 Å². The number of hydrogen-bond donors (Lipinski definition) is 1. The Bertz CT molecular complexity index is 597. The molecule has 0 unspecified atom stereocenters. The van der Waals surface area contributed by atoms with Crippen LogP contribution >= 0.6 is 15.9 Å². The Labute approximate surface area is 141 Å². The zero-order chi connectivity index (χ0) is 15.4. The van der Waals surface area contributed by atoms with Gasteiger partial charge in [0.25, 0.3) is 0 Å². The van der Waals surface area contributed by atoms with Gasteiger partial charge in [0, 0.05) is 29.5 Å². The molecule has 1 saturated carbocycles. The van der Waals surface area contributed by atoms with Crippen molar-refractivity contribution in [2.75, 3.05) is 0 Å². The summed E-state index contributed by atoms with van der Waals surface area (Å²) in [6.07, 6.45) is 11.5. The molecule has 0 atom stereocenters. The molecule has 1 N–H and O–H groups in total. The summed E-state index contributed by atoms with van der Waals surface area (Å²) >= 11 is 3.52. The van der Waals surface area contributed by atoms with E-state index in [0.29, 0.717) is 0 Å². The third-order valence-electron chi connectivity index (χ3n) is 4.81. The molecule has 22 heavy (non-hydrogen) atoms. The smallest absolute Gasteiger partial charge is 0.122 e. The molecule has 3 nitrogen and oxygen atoms in total. The second-order valence-electron chi connectivity index (χ2n) is 6.45. The van der Waals surface area contributed by atoms with Crippen LogP contribution in [-0.2, 0) is 20.0 Å². The van der Waals surface area contributed by atoms with Crippen molar-refractivity contribution in [3.8, 4) is 0 Å². The largest absolute Gasteiger partial charge is 0.337 e. The molecule has 1 aliphatic carbocycles. The van der Waals surface area contributed by atoms with E-state index < -0.39 is 0 Å². The molecule has 0 bridgehead atoms. The Kier molecular flexibility index (Phi) is 4.99. The fourth-order valence-corrected chi connectivity index (χ4v) is 3.74. The molecular weight excluding hydrogens is 338 g/mol. The highest BCUT2D eigenvalue weighted by molar-refractivity contribution is 9.10. The summed E-state index contributed by atoms with van der Waals surface area (Å²) in [5.41, 5.74) is 1.63. The molecule has 3 rings (SSSR count). The van der Waals surface area contributed by atoms with Crippen molar-refractivity contribution < 1.29 is 0 Å². The lowest BCUT2D eigenvalue weighted by molar-refractivity contribution is 0.224. The van der Waals surface area contributed by atoms with Crippen LogP contribution in [0.3, 0.4) is 0 Å². The topological polar surface area (TPSA) is 29.9 Å². The first kappa shape index (κ1) is 15.8. The Balaban J connectivity index is 1.72. The van der Waals surface area contributed by atoms with Gasteiger partial charge in [-0.05, 0) is 37.0 Å². The SMILES string of the molecule is Cn1ccnc1CNC1(Cc2ccc(Br)cc2)CCCCC1. The average Bonchev–Trinajstić information content (AvgIpc) is 2.94. The highest BCUT2D eigenvalue weighted by Gasteiger charge is 2.31. The maximum Gasteiger partial charge on any atom is 0.122 e. The molecule has 0 spiro atoms. The fourth-order valence-electron chi connectivity index (χ4n) is 3.47. The van der Waals surface area contributed by atoms with Gasteiger partial charge in [0.15, 0.2) is 0 Å². The first-order valence-electron chi connectivity index (χ1n) is 8.13. The number of benzene rings is 1. The zero-order valence-corrected chi connectivity index (χ0v) is 14.8. The van der Waals surface area contributed by atoms with Crippen LogP contribution in [0.5, 0.6) is 0 Å². The molecule has 2 aromatic rings. The minimum Gasteiger partial charge on any atom is -0.337 e. The lowest BCUT2D eigenvalue weighted by atomic mass is 9.77. The number of aromatic nitrogens is 2. The van der Waals surface area contributed by atoms with Crippen molar-refractivity contribution in [2.45, 2.75) is 50.6 Å². The van der Waals surface area contributed by atoms with Gasteiger partial charge >= 0.3 is 0 Å². The lowest BCUT2D eigenvalue weighted by Crippen LogP contribution is -2.48. The molecule has 4 heteroatoms. The Morgan fingerprint density at radius 1 is 1.18 bits per heavy atom. The predicted octanol–water partition coefficient (Wildman–Crippen LogP) is 4.22. The third-order valence-corrected chi connectivity index (χ3v) is 5.34. The van der Waals surface area contributed by atoms with Crippen LogP contribution in [0.15, 0.2) is 41.1 Å². The number of aryl methyl sites for hydroxylation is 1. The van der Waals surface area contributed by atoms with Crippen molar-refractivity contribution in [3.63, 3.8) is 0 Å². The van der Waals surface area contributed by atoms with E-state index in [9.17, 15) is 0 Å². The highest BCUT2D eigenvalue weighted by Crippen LogP contribution is 2.32. The molecule has 0 amide bonds. The minimum absolute atomic E-state index is 0.220. The number of nitrogens with zero attached hydrogens (tertiary/aromatic N) is 2. The Morgan fingerprint density at radius 3 is 2.55 bits per heavy atom. The number of halogens is 1. The summed E-state index contributed by atoms with van der Waals surface area (Å²) in [6.45, 7) is 0.847. The molecule has 0 saturated heterocycles. The van der Waals surface area contributed by atoms with E-state index in [1.54, 1.807) is 0 Å². The van der Waals surface area contributed by atoms with E-state index in [1.165, 1.54) is 37.7 Å². The fraction of sp³-hybridized carbons (Fsp3) is 0.500. The van der Waals surface area contributed by atoms with Crippen molar-refractivity contribution >= 4 is 15.9 Å². The summed E-state index contributed by atoms with van der Waals surface area (Å²) in [5, 5.41) is 3.85. The van der Waals surface area contributed by atoms with Crippen LogP contribution in [0.1, 0.15) is 43.5 Å². The molecule has 1 aromatic heterocycles. The highest BCUT2D eigenvalue weighted by atomic mass is 79.9. The molecule has 118 valence electrons. The molecule has 1 aliphatic rings. The summed E-state index contributed by atoms with van der Waals surface area (Å²) in [7, 11) is 2.06. The van der Waals surface area contributed by atoms with E-state index in [2.05, 4.69) is 62.1 Å². The Hall–Kier alpha value is -1.13. The first-order chi connectivity index (χ1) is 10.7. The maximum absolute atomic E-state index is 4.44. The third kappa shape index (κ3) is 3.79. The standard InChI is InChI=1S/C18H24BrN3/c1-22-12-11-20-17(22)14-21-18(9-3-2-4-10-18)13-15-5-7-16(19)8-6-15/h5-8,11-12,21H,2-4,9-10,13-14H2,1H3. The van der Waals surface area contributed by atoms with Gasteiger partial charge in [0.1, 0.15) is 5.82 Å². The van der Waals surface area contributed by atoms with Crippen molar-refractivity contribution in [2.24, 2.45) is 7.05 Å². The molecule has 1 aromatic carbocycles. The van der Waals surface area contributed by atoms with E-state index in [1.807, 2.05) is 12.4 Å². The summed E-state index contributed by atoms with van der Waals surface area (Å²) in [5.74, 6) is 1.11. The molecule has 1 fully saturated rings. The van der Waals surface area contributed by atoms with Gasteiger partial charge < -0.3 is 9.88 Å². The predicted molar refractivity (Wildman–Crippen MR) is 93.7 cm³/mol. The van der Waals surface area contributed by atoms with E-state index >= 15 is 0 Å². The quantitative estimate of drug-likeness (QED) is 0.863. The van der Waals surface area contributed by atoms with Gasteiger partial charge in [-0.2, -0.15) is 0 Å².